The first-order valence-electron chi connectivity index (χ1n) is 11.5. The van der Waals surface area contributed by atoms with E-state index in [4.69, 9.17) is 14.2 Å². The lowest BCUT2D eigenvalue weighted by molar-refractivity contribution is -0.0454. The van der Waals surface area contributed by atoms with E-state index in [1.54, 1.807) is 6.20 Å². The van der Waals surface area contributed by atoms with E-state index in [2.05, 4.69) is 28.1 Å². The van der Waals surface area contributed by atoms with Crippen LogP contribution in [0.25, 0.3) is 0 Å². The number of ether oxygens (including phenoxy) is 3. The SMILES string of the molecule is c1ccc(O[C@H]2COC3(CCN(Cc4cccc(OCc5ccccn5)c4)CC3)C2)cc1. The number of para-hydroxylation sites is 1. The van der Waals surface area contributed by atoms with Crippen molar-refractivity contribution in [3.05, 3.63) is 90.3 Å². The molecule has 3 heterocycles. The zero-order chi connectivity index (χ0) is 21.6. The first-order valence-corrected chi connectivity index (χ1v) is 11.5. The van der Waals surface area contributed by atoms with Crippen LogP contribution in [0.4, 0.5) is 0 Å². The van der Waals surface area contributed by atoms with Gasteiger partial charge in [0.05, 0.1) is 17.9 Å². The van der Waals surface area contributed by atoms with Crippen molar-refractivity contribution in [1.29, 1.82) is 0 Å². The van der Waals surface area contributed by atoms with Crippen LogP contribution in [0.5, 0.6) is 11.5 Å². The van der Waals surface area contributed by atoms with Crippen molar-refractivity contribution in [2.24, 2.45) is 0 Å². The van der Waals surface area contributed by atoms with Crippen LogP contribution in [0, 0.1) is 0 Å². The normalized spacial score (nSPS) is 20.3. The Morgan fingerprint density at radius 1 is 0.938 bits per heavy atom. The van der Waals surface area contributed by atoms with Crippen molar-refractivity contribution in [1.82, 2.24) is 9.88 Å². The fraction of sp³-hybridized carbons (Fsp3) is 0.370. The molecule has 2 aliphatic heterocycles. The maximum atomic E-state index is 6.28. The summed E-state index contributed by atoms with van der Waals surface area (Å²) in [5.41, 5.74) is 2.19. The lowest BCUT2D eigenvalue weighted by Crippen LogP contribution is -2.44. The molecule has 2 aliphatic rings. The summed E-state index contributed by atoms with van der Waals surface area (Å²) in [7, 11) is 0. The van der Waals surface area contributed by atoms with Crippen molar-refractivity contribution < 1.29 is 14.2 Å². The van der Waals surface area contributed by atoms with Gasteiger partial charge in [0.15, 0.2) is 0 Å². The van der Waals surface area contributed by atoms with Gasteiger partial charge in [0.25, 0.3) is 0 Å². The summed E-state index contributed by atoms with van der Waals surface area (Å²) in [6.07, 6.45) is 5.03. The van der Waals surface area contributed by atoms with Gasteiger partial charge < -0.3 is 14.2 Å². The number of hydrogen-bond donors (Lipinski definition) is 0. The van der Waals surface area contributed by atoms with Gasteiger partial charge in [0, 0.05) is 32.3 Å². The van der Waals surface area contributed by atoms with Gasteiger partial charge in [-0.1, -0.05) is 36.4 Å². The van der Waals surface area contributed by atoms with Crippen LogP contribution in [-0.4, -0.2) is 41.3 Å². The van der Waals surface area contributed by atoms with Crippen molar-refractivity contribution in [2.75, 3.05) is 19.7 Å². The second-order valence-corrected chi connectivity index (χ2v) is 8.78. The molecule has 1 spiro atoms. The quantitative estimate of drug-likeness (QED) is 0.535. The zero-order valence-electron chi connectivity index (χ0n) is 18.4. The molecular weight excluding hydrogens is 400 g/mol. The lowest BCUT2D eigenvalue weighted by atomic mass is 9.88. The van der Waals surface area contributed by atoms with E-state index < -0.39 is 0 Å². The maximum Gasteiger partial charge on any atom is 0.130 e. The highest BCUT2D eigenvalue weighted by atomic mass is 16.6. The molecule has 0 radical (unpaired) electrons. The molecule has 32 heavy (non-hydrogen) atoms. The molecular formula is C27H30N2O3. The van der Waals surface area contributed by atoms with Crippen LogP contribution in [0.2, 0.25) is 0 Å². The Labute approximate surface area is 190 Å². The third-order valence-corrected chi connectivity index (χ3v) is 6.41. The minimum atomic E-state index is -0.0242. The van der Waals surface area contributed by atoms with Crippen LogP contribution < -0.4 is 9.47 Å². The maximum absolute atomic E-state index is 6.28. The molecule has 0 bridgehead atoms. The molecule has 0 aliphatic carbocycles. The molecule has 0 unspecified atom stereocenters. The molecule has 0 amide bonds. The Kier molecular flexibility index (Phi) is 6.37. The number of piperidine rings is 1. The molecule has 2 saturated heterocycles. The van der Waals surface area contributed by atoms with Crippen molar-refractivity contribution in [3.8, 4) is 11.5 Å². The highest BCUT2D eigenvalue weighted by molar-refractivity contribution is 5.29. The zero-order valence-corrected chi connectivity index (χ0v) is 18.4. The van der Waals surface area contributed by atoms with E-state index in [1.165, 1.54) is 5.56 Å². The van der Waals surface area contributed by atoms with Crippen molar-refractivity contribution in [2.45, 2.75) is 44.1 Å². The number of pyridine rings is 1. The number of benzene rings is 2. The van der Waals surface area contributed by atoms with Crippen molar-refractivity contribution >= 4 is 0 Å². The van der Waals surface area contributed by atoms with Crippen LogP contribution in [0.1, 0.15) is 30.5 Å². The summed E-state index contributed by atoms with van der Waals surface area (Å²) in [6, 6.07) is 24.3. The van der Waals surface area contributed by atoms with Gasteiger partial charge in [-0.3, -0.25) is 9.88 Å². The lowest BCUT2D eigenvalue weighted by Gasteiger charge is -2.38. The topological polar surface area (TPSA) is 43.8 Å². The predicted molar refractivity (Wildman–Crippen MR) is 124 cm³/mol. The summed E-state index contributed by atoms with van der Waals surface area (Å²) in [5, 5.41) is 0. The number of rotatable bonds is 7. The minimum Gasteiger partial charge on any atom is -0.488 e. The summed E-state index contributed by atoms with van der Waals surface area (Å²) < 4.78 is 18.4. The highest BCUT2D eigenvalue weighted by Crippen LogP contribution is 2.37. The molecule has 2 fully saturated rings. The summed E-state index contributed by atoms with van der Waals surface area (Å²) in [5.74, 6) is 1.82. The van der Waals surface area contributed by atoms with Gasteiger partial charge >= 0.3 is 0 Å². The van der Waals surface area contributed by atoms with Crippen LogP contribution in [-0.2, 0) is 17.9 Å². The number of aromatic nitrogens is 1. The molecule has 5 nitrogen and oxygen atoms in total. The Morgan fingerprint density at radius 3 is 2.56 bits per heavy atom. The minimum absolute atomic E-state index is 0.0242. The van der Waals surface area contributed by atoms with E-state index in [0.717, 1.165) is 56.1 Å². The van der Waals surface area contributed by atoms with Gasteiger partial charge in [0.1, 0.15) is 24.2 Å². The Bertz CT molecular complexity index is 988. The summed E-state index contributed by atoms with van der Waals surface area (Å²) in [4.78, 5) is 6.83. The summed E-state index contributed by atoms with van der Waals surface area (Å²) >= 11 is 0. The number of likely N-dealkylation sites (tertiary alicyclic amines) is 1. The monoisotopic (exact) mass is 430 g/mol. The van der Waals surface area contributed by atoms with Gasteiger partial charge in [-0.25, -0.2) is 0 Å². The van der Waals surface area contributed by atoms with E-state index in [9.17, 15) is 0 Å². The van der Waals surface area contributed by atoms with Crippen LogP contribution in [0.3, 0.4) is 0 Å². The smallest absolute Gasteiger partial charge is 0.130 e. The number of nitrogens with zero attached hydrogens (tertiary/aromatic N) is 2. The van der Waals surface area contributed by atoms with Crippen LogP contribution in [0.15, 0.2) is 79.0 Å². The van der Waals surface area contributed by atoms with Gasteiger partial charge in [0.2, 0.25) is 0 Å². The summed E-state index contributed by atoms with van der Waals surface area (Å²) in [6.45, 7) is 4.18. The third-order valence-electron chi connectivity index (χ3n) is 6.41. The van der Waals surface area contributed by atoms with Gasteiger partial charge in [-0.15, -0.1) is 0 Å². The van der Waals surface area contributed by atoms with Crippen LogP contribution >= 0.6 is 0 Å². The average Bonchev–Trinajstić information content (AvgIpc) is 3.23. The Hall–Kier alpha value is -2.89. The van der Waals surface area contributed by atoms with Gasteiger partial charge in [-0.2, -0.15) is 0 Å². The van der Waals surface area contributed by atoms with E-state index in [0.29, 0.717) is 13.2 Å². The average molecular weight is 431 g/mol. The van der Waals surface area contributed by atoms with Crippen molar-refractivity contribution in [3.63, 3.8) is 0 Å². The molecule has 3 aromatic rings. The molecule has 1 atom stereocenters. The Morgan fingerprint density at radius 2 is 1.75 bits per heavy atom. The van der Waals surface area contributed by atoms with E-state index in [1.807, 2.05) is 54.6 Å². The first kappa shape index (κ1) is 21.0. The largest absolute Gasteiger partial charge is 0.488 e. The Balaban J connectivity index is 1.10. The van der Waals surface area contributed by atoms with Gasteiger partial charge in [-0.05, 0) is 54.8 Å². The molecule has 166 valence electrons. The second kappa shape index (κ2) is 9.72. The molecule has 1 aromatic heterocycles. The predicted octanol–water partition coefficient (Wildman–Crippen LogP) is 4.86. The fourth-order valence-corrected chi connectivity index (χ4v) is 4.67. The van der Waals surface area contributed by atoms with E-state index in [-0.39, 0.29) is 11.7 Å². The second-order valence-electron chi connectivity index (χ2n) is 8.78. The standard InChI is InChI=1S/C27H30N2O3/c1-2-9-24(10-3-1)32-26-18-27(31-21-26)12-15-29(16-13-27)19-22-7-6-11-25(17-22)30-20-23-8-4-5-14-28-23/h1-11,14,17,26H,12-13,15-16,18-21H2/t26-/m1/s1. The number of hydrogen-bond acceptors (Lipinski definition) is 5. The first-order chi connectivity index (χ1) is 15.8. The third kappa shape index (κ3) is 5.29. The molecule has 5 heteroatoms. The molecule has 0 saturated carbocycles. The molecule has 5 rings (SSSR count). The molecule has 2 aromatic carbocycles. The van der Waals surface area contributed by atoms with E-state index >= 15 is 0 Å². The fourth-order valence-electron chi connectivity index (χ4n) is 4.67. The molecule has 0 N–H and O–H groups in total. The highest BCUT2D eigenvalue weighted by Gasteiger charge is 2.43.